The van der Waals surface area contributed by atoms with Crippen LogP contribution >= 0.6 is 0 Å². The first-order valence-electron chi connectivity index (χ1n) is 7.62. The summed E-state index contributed by atoms with van der Waals surface area (Å²) in [5.74, 6) is -0.295. The van der Waals surface area contributed by atoms with Gasteiger partial charge in [-0.2, -0.15) is 0 Å². The molecule has 2 aliphatic heterocycles. The van der Waals surface area contributed by atoms with Gasteiger partial charge < -0.3 is 20.1 Å². The van der Waals surface area contributed by atoms with Gasteiger partial charge in [-0.3, -0.25) is 0 Å². The van der Waals surface area contributed by atoms with E-state index in [1.54, 1.807) is 20.8 Å². The molecule has 0 aliphatic carbocycles. The van der Waals surface area contributed by atoms with Crippen molar-refractivity contribution in [1.29, 1.82) is 0 Å². The summed E-state index contributed by atoms with van der Waals surface area (Å²) in [5, 5.41) is 6.23. The number of rotatable bonds is 3. The first-order chi connectivity index (χ1) is 9.78. The number of hydrogen-bond donors (Lipinski definition) is 2. The Hall–Kier alpha value is -1.30. The summed E-state index contributed by atoms with van der Waals surface area (Å²) in [5.41, 5.74) is -0.585. The lowest BCUT2D eigenvalue weighted by Crippen LogP contribution is -2.52. The van der Waals surface area contributed by atoms with Gasteiger partial charge in [0.25, 0.3) is 0 Å². The second-order valence-electron chi connectivity index (χ2n) is 7.02. The SMILES string of the molecule is COC(=O)[C@@H](NC(=O)OC(C)(C)C)C1CC2CCC(C1)N2.[HH]. The fraction of sp³-hybridized carbons (Fsp3) is 0.867. The highest BCUT2D eigenvalue weighted by molar-refractivity contribution is 5.81. The van der Waals surface area contributed by atoms with Crippen LogP contribution in [0.2, 0.25) is 0 Å². The first-order valence-corrected chi connectivity index (χ1v) is 7.62. The van der Waals surface area contributed by atoms with Crippen LogP contribution in [0.1, 0.15) is 47.9 Å². The normalized spacial score (nSPS) is 29.6. The summed E-state index contributed by atoms with van der Waals surface area (Å²) in [7, 11) is 1.35. The van der Waals surface area contributed by atoms with E-state index in [0.717, 1.165) is 25.7 Å². The predicted molar refractivity (Wildman–Crippen MR) is 80.0 cm³/mol. The molecule has 0 spiro atoms. The molecule has 6 heteroatoms. The number of fused-ring (bicyclic) bond motifs is 2. The third-order valence-electron chi connectivity index (χ3n) is 4.11. The van der Waals surface area contributed by atoms with Crippen molar-refractivity contribution in [3.63, 3.8) is 0 Å². The number of amides is 1. The molecule has 0 radical (unpaired) electrons. The van der Waals surface area contributed by atoms with Gasteiger partial charge in [0.2, 0.25) is 0 Å². The largest absolute Gasteiger partial charge is 0.467 e. The minimum atomic E-state index is -0.630. The Bertz CT molecular complexity index is 399. The Kier molecular flexibility index (Phi) is 4.76. The third-order valence-corrected chi connectivity index (χ3v) is 4.11. The third kappa shape index (κ3) is 4.33. The van der Waals surface area contributed by atoms with Gasteiger partial charge in [0.05, 0.1) is 7.11 Å². The minimum absolute atomic E-state index is 0. The smallest absolute Gasteiger partial charge is 0.408 e. The lowest BCUT2D eigenvalue weighted by Gasteiger charge is -2.34. The fourth-order valence-electron chi connectivity index (χ4n) is 3.30. The Morgan fingerprint density at radius 2 is 1.81 bits per heavy atom. The Labute approximate surface area is 127 Å². The van der Waals surface area contributed by atoms with Gasteiger partial charge in [0.1, 0.15) is 11.6 Å². The van der Waals surface area contributed by atoms with Crippen LogP contribution in [0.15, 0.2) is 0 Å². The summed E-state index contributed by atoms with van der Waals surface area (Å²) < 4.78 is 10.1. The number of nitrogens with one attached hydrogen (secondary N) is 2. The lowest BCUT2D eigenvalue weighted by atomic mass is 9.86. The quantitative estimate of drug-likeness (QED) is 0.778. The standard InChI is InChI=1S/C15H26N2O4.H2/c1-15(2,3)21-14(19)17-12(13(18)20-4)9-7-10-5-6-11(8-9)16-10;/h9-12,16H,5-8H2,1-4H3,(H,17,19);1H/t9?,10?,11?,12-;/m0./s1. The fourth-order valence-corrected chi connectivity index (χ4v) is 3.30. The van der Waals surface area contributed by atoms with E-state index in [0.29, 0.717) is 12.1 Å². The lowest BCUT2D eigenvalue weighted by molar-refractivity contribution is -0.145. The zero-order valence-electron chi connectivity index (χ0n) is 13.3. The van der Waals surface area contributed by atoms with E-state index >= 15 is 0 Å². The van der Waals surface area contributed by atoms with Gasteiger partial charge >= 0.3 is 12.1 Å². The van der Waals surface area contributed by atoms with Crippen LogP contribution < -0.4 is 10.6 Å². The van der Waals surface area contributed by atoms with Crippen LogP contribution in [-0.2, 0) is 14.3 Å². The number of carbonyl (C=O) groups excluding carboxylic acids is 2. The zero-order chi connectivity index (χ0) is 15.6. The van der Waals surface area contributed by atoms with Crippen molar-refractivity contribution in [3.05, 3.63) is 0 Å². The Morgan fingerprint density at radius 1 is 1.24 bits per heavy atom. The predicted octanol–water partition coefficient (Wildman–Crippen LogP) is 1.83. The van der Waals surface area contributed by atoms with Crippen LogP contribution in [0.25, 0.3) is 0 Å². The minimum Gasteiger partial charge on any atom is -0.467 e. The van der Waals surface area contributed by atoms with Crippen LogP contribution in [-0.4, -0.2) is 42.9 Å². The number of alkyl carbamates (subject to hydrolysis) is 1. The van der Waals surface area contributed by atoms with Crippen LogP contribution in [0.3, 0.4) is 0 Å². The van der Waals surface area contributed by atoms with Crippen LogP contribution in [0, 0.1) is 5.92 Å². The summed E-state index contributed by atoms with van der Waals surface area (Å²) in [4.78, 5) is 24.0. The summed E-state index contributed by atoms with van der Waals surface area (Å²) in [6.45, 7) is 5.39. The number of ether oxygens (including phenoxy) is 2. The van der Waals surface area contributed by atoms with Crippen LogP contribution in [0.4, 0.5) is 4.79 Å². The molecule has 0 saturated carbocycles. The molecular formula is C15H28N2O4. The van der Waals surface area contributed by atoms with Gasteiger partial charge in [0.15, 0.2) is 0 Å². The van der Waals surface area contributed by atoms with E-state index < -0.39 is 23.7 Å². The highest BCUT2D eigenvalue weighted by Crippen LogP contribution is 2.33. The molecule has 2 unspecified atom stereocenters. The topological polar surface area (TPSA) is 76.7 Å². The molecule has 2 rings (SSSR count). The Balaban J connectivity index is 0.00000242. The van der Waals surface area contributed by atoms with E-state index in [2.05, 4.69) is 10.6 Å². The molecule has 21 heavy (non-hydrogen) atoms. The molecule has 2 fully saturated rings. The number of carbonyl (C=O) groups is 2. The van der Waals surface area contributed by atoms with Gasteiger partial charge in [-0.25, -0.2) is 9.59 Å². The average molecular weight is 300 g/mol. The molecule has 2 heterocycles. The maximum atomic E-state index is 12.0. The molecule has 1 amide bonds. The van der Waals surface area contributed by atoms with Gasteiger partial charge in [0, 0.05) is 13.5 Å². The number of esters is 1. The number of piperidine rings is 1. The number of methoxy groups -OCH3 is 1. The molecule has 3 atom stereocenters. The molecule has 2 saturated heterocycles. The molecule has 0 aromatic rings. The van der Waals surface area contributed by atoms with Crippen LogP contribution in [0.5, 0.6) is 0 Å². The summed E-state index contributed by atoms with van der Waals surface area (Å²) >= 11 is 0. The molecule has 2 N–H and O–H groups in total. The molecular weight excluding hydrogens is 272 g/mol. The van der Waals surface area contributed by atoms with Crippen molar-refractivity contribution in [2.75, 3.05) is 7.11 Å². The summed E-state index contributed by atoms with van der Waals surface area (Å²) in [6.07, 6.45) is 3.48. The highest BCUT2D eigenvalue weighted by Gasteiger charge is 2.41. The monoisotopic (exact) mass is 300 g/mol. The number of hydrogen-bond acceptors (Lipinski definition) is 5. The van der Waals surface area contributed by atoms with Crippen molar-refractivity contribution >= 4 is 12.1 Å². The zero-order valence-corrected chi connectivity index (χ0v) is 13.3. The second-order valence-corrected chi connectivity index (χ2v) is 7.02. The van der Waals surface area contributed by atoms with Gasteiger partial charge in [-0.05, 0) is 52.4 Å². The van der Waals surface area contributed by atoms with Crippen molar-refractivity contribution in [2.45, 2.75) is 70.2 Å². The summed E-state index contributed by atoms with van der Waals surface area (Å²) in [6, 6.07) is 0.262. The maximum Gasteiger partial charge on any atom is 0.408 e. The van der Waals surface area contributed by atoms with Gasteiger partial charge in [-0.1, -0.05) is 0 Å². The van der Waals surface area contributed by atoms with Crippen molar-refractivity contribution in [3.8, 4) is 0 Å². The first kappa shape index (κ1) is 16.1. The maximum absolute atomic E-state index is 12.0. The second kappa shape index (κ2) is 6.22. The van der Waals surface area contributed by atoms with Gasteiger partial charge in [-0.15, -0.1) is 0 Å². The molecule has 6 nitrogen and oxygen atoms in total. The van der Waals surface area contributed by atoms with E-state index in [4.69, 9.17) is 9.47 Å². The van der Waals surface area contributed by atoms with Crippen molar-refractivity contribution in [2.24, 2.45) is 5.92 Å². The molecule has 0 aromatic heterocycles. The molecule has 0 aromatic carbocycles. The molecule has 2 bridgehead atoms. The van der Waals surface area contributed by atoms with Crippen molar-refractivity contribution in [1.82, 2.24) is 10.6 Å². The van der Waals surface area contributed by atoms with E-state index in [1.807, 2.05) is 0 Å². The van der Waals surface area contributed by atoms with E-state index in [1.165, 1.54) is 7.11 Å². The van der Waals surface area contributed by atoms with Crippen molar-refractivity contribution < 1.29 is 20.5 Å². The highest BCUT2D eigenvalue weighted by atomic mass is 16.6. The average Bonchev–Trinajstić information content (AvgIpc) is 2.72. The Morgan fingerprint density at radius 3 is 2.29 bits per heavy atom. The van der Waals surface area contributed by atoms with E-state index in [9.17, 15) is 9.59 Å². The molecule has 122 valence electrons. The van der Waals surface area contributed by atoms with E-state index in [-0.39, 0.29) is 7.34 Å². The molecule has 2 aliphatic rings.